The highest BCUT2D eigenvalue weighted by atomic mass is 32.2. The molecule has 1 rings (SSSR count). The lowest BCUT2D eigenvalue weighted by molar-refractivity contribution is 0.0954. The predicted octanol–water partition coefficient (Wildman–Crippen LogP) is 0.811. The van der Waals surface area contributed by atoms with Gasteiger partial charge in [0.1, 0.15) is 0 Å². The standard InChI is InChI=1S/C14H23N3O3S/c1-4-12-5-7-13(8-6-12)14(18)15-9-10-16-21(19,20)17-11(2)3/h5-8,11,16-17H,4,9-10H2,1-3H3,(H,15,18). The highest BCUT2D eigenvalue weighted by Crippen LogP contribution is 2.04. The summed E-state index contributed by atoms with van der Waals surface area (Å²) in [4.78, 5) is 11.8. The van der Waals surface area contributed by atoms with Crippen LogP contribution < -0.4 is 14.8 Å². The van der Waals surface area contributed by atoms with Gasteiger partial charge in [-0.3, -0.25) is 4.79 Å². The van der Waals surface area contributed by atoms with Gasteiger partial charge in [-0.1, -0.05) is 19.1 Å². The minimum Gasteiger partial charge on any atom is -0.351 e. The number of benzene rings is 1. The lowest BCUT2D eigenvalue weighted by atomic mass is 10.1. The third-order valence-corrected chi connectivity index (χ3v) is 4.08. The maximum atomic E-state index is 11.8. The van der Waals surface area contributed by atoms with Crippen molar-refractivity contribution >= 4 is 16.1 Å². The molecule has 1 amide bonds. The van der Waals surface area contributed by atoms with Crippen molar-refractivity contribution in [3.05, 3.63) is 35.4 Å². The first-order valence-corrected chi connectivity index (χ1v) is 8.46. The Kier molecular flexibility index (Phi) is 6.80. The summed E-state index contributed by atoms with van der Waals surface area (Å²) in [7, 11) is -3.50. The topological polar surface area (TPSA) is 87.3 Å². The van der Waals surface area contributed by atoms with Crippen LogP contribution in [-0.2, 0) is 16.6 Å². The van der Waals surface area contributed by atoms with Gasteiger partial charge in [0.15, 0.2) is 0 Å². The van der Waals surface area contributed by atoms with Gasteiger partial charge in [0.05, 0.1) is 0 Å². The van der Waals surface area contributed by atoms with E-state index in [4.69, 9.17) is 0 Å². The van der Waals surface area contributed by atoms with E-state index in [2.05, 4.69) is 14.8 Å². The van der Waals surface area contributed by atoms with Crippen LogP contribution in [0.3, 0.4) is 0 Å². The Hall–Kier alpha value is -1.44. The quantitative estimate of drug-likeness (QED) is 0.621. The number of hydrogen-bond acceptors (Lipinski definition) is 3. The fourth-order valence-corrected chi connectivity index (χ4v) is 2.78. The summed E-state index contributed by atoms with van der Waals surface area (Å²) in [5.41, 5.74) is 1.73. The lowest BCUT2D eigenvalue weighted by Gasteiger charge is -2.11. The normalized spacial score (nSPS) is 11.6. The molecule has 0 radical (unpaired) electrons. The Morgan fingerprint density at radius 1 is 1.14 bits per heavy atom. The molecule has 1 aromatic rings. The van der Waals surface area contributed by atoms with Gasteiger partial charge < -0.3 is 5.32 Å². The summed E-state index contributed by atoms with van der Waals surface area (Å²) in [6.07, 6.45) is 0.923. The van der Waals surface area contributed by atoms with E-state index >= 15 is 0 Å². The zero-order valence-electron chi connectivity index (χ0n) is 12.6. The fourth-order valence-electron chi connectivity index (χ4n) is 1.71. The van der Waals surface area contributed by atoms with Gasteiger partial charge in [-0.05, 0) is 38.0 Å². The number of nitrogens with one attached hydrogen (secondary N) is 3. The Morgan fingerprint density at radius 2 is 1.76 bits per heavy atom. The van der Waals surface area contributed by atoms with Gasteiger partial charge in [0.2, 0.25) is 0 Å². The lowest BCUT2D eigenvalue weighted by Crippen LogP contribution is -2.43. The second kappa shape index (κ2) is 8.11. The van der Waals surface area contributed by atoms with Crippen molar-refractivity contribution in [2.24, 2.45) is 0 Å². The molecule has 0 aromatic heterocycles. The van der Waals surface area contributed by atoms with Crippen molar-refractivity contribution in [3.63, 3.8) is 0 Å². The van der Waals surface area contributed by atoms with Crippen molar-refractivity contribution < 1.29 is 13.2 Å². The van der Waals surface area contributed by atoms with Gasteiger partial charge >= 0.3 is 0 Å². The maximum absolute atomic E-state index is 11.8. The van der Waals surface area contributed by atoms with Crippen LogP contribution in [0.1, 0.15) is 36.7 Å². The van der Waals surface area contributed by atoms with E-state index in [1.165, 1.54) is 5.56 Å². The van der Waals surface area contributed by atoms with E-state index in [1.807, 2.05) is 19.1 Å². The molecular formula is C14H23N3O3S. The van der Waals surface area contributed by atoms with E-state index in [9.17, 15) is 13.2 Å². The number of aryl methyl sites for hydroxylation is 1. The summed E-state index contributed by atoms with van der Waals surface area (Å²) in [5.74, 6) is -0.214. The number of amides is 1. The zero-order chi connectivity index (χ0) is 15.9. The summed E-state index contributed by atoms with van der Waals surface area (Å²) in [6.45, 7) is 5.89. The van der Waals surface area contributed by atoms with Crippen molar-refractivity contribution in [3.8, 4) is 0 Å². The molecule has 0 aliphatic heterocycles. The van der Waals surface area contributed by atoms with Crippen molar-refractivity contribution in [2.45, 2.75) is 33.2 Å². The van der Waals surface area contributed by atoms with Crippen LogP contribution >= 0.6 is 0 Å². The van der Waals surface area contributed by atoms with E-state index in [0.717, 1.165) is 6.42 Å². The molecule has 0 bridgehead atoms. The molecular weight excluding hydrogens is 290 g/mol. The molecule has 0 fully saturated rings. The largest absolute Gasteiger partial charge is 0.351 e. The molecule has 3 N–H and O–H groups in total. The summed E-state index contributed by atoms with van der Waals surface area (Å²) >= 11 is 0. The number of carbonyl (C=O) groups is 1. The van der Waals surface area contributed by atoms with E-state index in [0.29, 0.717) is 5.56 Å². The Balaban J connectivity index is 2.36. The molecule has 0 unspecified atom stereocenters. The first-order valence-electron chi connectivity index (χ1n) is 6.98. The van der Waals surface area contributed by atoms with Crippen molar-refractivity contribution in [1.29, 1.82) is 0 Å². The molecule has 118 valence electrons. The van der Waals surface area contributed by atoms with E-state index in [1.54, 1.807) is 26.0 Å². The van der Waals surface area contributed by atoms with Gasteiger partial charge in [-0.2, -0.15) is 13.1 Å². The highest BCUT2D eigenvalue weighted by molar-refractivity contribution is 7.87. The van der Waals surface area contributed by atoms with Crippen LogP contribution in [0.4, 0.5) is 0 Å². The molecule has 0 heterocycles. The molecule has 6 nitrogen and oxygen atoms in total. The van der Waals surface area contributed by atoms with Crippen molar-refractivity contribution in [1.82, 2.24) is 14.8 Å². The maximum Gasteiger partial charge on any atom is 0.277 e. The van der Waals surface area contributed by atoms with Gasteiger partial charge in [-0.15, -0.1) is 0 Å². The summed E-state index contributed by atoms with van der Waals surface area (Å²) in [6, 6.07) is 7.17. The summed E-state index contributed by atoms with van der Waals surface area (Å²) in [5, 5.41) is 2.67. The predicted molar refractivity (Wildman–Crippen MR) is 83.3 cm³/mol. The molecule has 7 heteroatoms. The highest BCUT2D eigenvalue weighted by Gasteiger charge is 2.10. The zero-order valence-corrected chi connectivity index (χ0v) is 13.5. The van der Waals surface area contributed by atoms with Gasteiger partial charge in [-0.25, -0.2) is 4.72 Å². The van der Waals surface area contributed by atoms with Gasteiger partial charge in [0, 0.05) is 24.7 Å². The summed E-state index contributed by atoms with van der Waals surface area (Å²) < 4.78 is 27.7. The molecule has 0 aliphatic rings. The Labute approximate surface area is 126 Å². The third kappa shape index (κ3) is 6.70. The monoisotopic (exact) mass is 313 g/mol. The Morgan fingerprint density at radius 3 is 2.29 bits per heavy atom. The number of carbonyl (C=O) groups excluding carboxylic acids is 1. The number of rotatable bonds is 8. The van der Waals surface area contributed by atoms with Crippen LogP contribution in [0.25, 0.3) is 0 Å². The molecule has 1 aromatic carbocycles. The van der Waals surface area contributed by atoms with Crippen LogP contribution in [0.5, 0.6) is 0 Å². The van der Waals surface area contributed by atoms with Crippen LogP contribution in [0.15, 0.2) is 24.3 Å². The number of hydrogen-bond donors (Lipinski definition) is 3. The second-order valence-corrected chi connectivity index (χ2v) is 6.51. The minimum atomic E-state index is -3.50. The van der Waals surface area contributed by atoms with Crippen LogP contribution in [0, 0.1) is 0 Å². The molecule has 0 saturated heterocycles. The average Bonchev–Trinajstić information content (AvgIpc) is 2.42. The minimum absolute atomic E-state index is 0.140. The van der Waals surface area contributed by atoms with Crippen molar-refractivity contribution in [2.75, 3.05) is 13.1 Å². The second-order valence-electron chi connectivity index (χ2n) is 4.98. The third-order valence-electron chi connectivity index (χ3n) is 2.72. The average molecular weight is 313 g/mol. The van der Waals surface area contributed by atoms with Crippen LogP contribution in [0.2, 0.25) is 0 Å². The molecule has 21 heavy (non-hydrogen) atoms. The smallest absolute Gasteiger partial charge is 0.277 e. The Bertz CT molecular complexity index is 553. The first kappa shape index (κ1) is 17.6. The SMILES string of the molecule is CCc1ccc(C(=O)NCCNS(=O)(=O)NC(C)C)cc1. The molecule has 0 spiro atoms. The first-order chi connectivity index (χ1) is 9.84. The molecule has 0 aliphatic carbocycles. The molecule has 0 atom stereocenters. The van der Waals surface area contributed by atoms with Crippen LogP contribution in [-0.4, -0.2) is 33.5 Å². The molecule has 0 saturated carbocycles. The van der Waals surface area contributed by atoms with Gasteiger partial charge in [0.25, 0.3) is 16.1 Å². The van der Waals surface area contributed by atoms with E-state index in [-0.39, 0.29) is 25.0 Å². The van der Waals surface area contributed by atoms with E-state index < -0.39 is 10.2 Å². The fraction of sp³-hybridized carbons (Fsp3) is 0.500.